The summed E-state index contributed by atoms with van der Waals surface area (Å²) in [6.45, 7) is 3.93. The molecule has 2 aliphatic rings. The zero-order valence-corrected chi connectivity index (χ0v) is 9.39. The molecule has 0 amide bonds. The van der Waals surface area contributed by atoms with Crippen molar-refractivity contribution in [3.63, 3.8) is 0 Å². The molecule has 2 aliphatic carbocycles. The number of fused-ring (bicyclic) bond motifs is 1. The van der Waals surface area contributed by atoms with Crippen molar-refractivity contribution >= 4 is 21.9 Å². The number of hydrogen-bond donors (Lipinski definition) is 1. The minimum Gasteiger partial charge on any atom is -0.481 e. The molecule has 0 saturated heterocycles. The summed E-state index contributed by atoms with van der Waals surface area (Å²) in [4.78, 5) is 11.2. The number of hydrogen-bond acceptors (Lipinski definition) is 1. The van der Waals surface area contributed by atoms with E-state index < -0.39 is 11.4 Å². The van der Waals surface area contributed by atoms with Crippen LogP contribution in [-0.2, 0) is 4.79 Å². The highest BCUT2D eigenvalue weighted by Gasteiger charge is 2.62. The quantitative estimate of drug-likeness (QED) is 0.771. The summed E-state index contributed by atoms with van der Waals surface area (Å²) in [5.41, 5.74) is -0.688. The number of carboxylic acid groups (broad SMARTS) is 1. The van der Waals surface area contributed by atoms with Gasteiger partial charge in [0, 0.05) is 11.3 Å². The van der Waals surface area contributed by atoms with E-state index in [9.17, 15) is 9.90 Å². The van der Waals surface area contributed by atoms with Crippen molar-refractivity contribution in [1.29, 1.82) is 0 Å². The first-order valence-corrected chi connectivity index (χ1v) is 5.33. The normalized spacial score (nSPS) is 47.9. The van der Waals surface area contributed by atoms with Gasteiger partial charge >= 0.3 is 5.97 Å². The van der Waals surface area contributed by atoms with Gasteiger partial charge in [0.1, 0.15) is 0 Å². The van der Waals surface area contributed by atoms with Crippen LogP contribution in [0.15, 0.2) is 10.6 Å². The molecule has 3 atom stereocenters. The molecule has 0 spiro atoms. The summed E-state index contributed by atoms with van der Waals surface area (Å²) in [6.07, 6.45) is 3.85. The largest absolute Gasteiger partial charge is 0.481 e. The number of rotatable bonds is 1. The summed E-state index contributed by atoms with van der Waals surface area (Å²) in [5, 5.41) is 9.20. The van der Waals surface area contributed by atoms with Crippen LogP contribution in [0.2, 0.25) is 0 Å². The maximum absolute atomic E-state index is 11.2. The van der Waals surface area contributed by atoms with Gasteiger partial charge < -0.3 is 5.11 Å². The lowest BCUT2D eigenvalue weighted by Gasteiger charge is -2.46. The summed E-state index contributed by atoms with van der Waals surface area (Å²) >= 11 is 3.47. The second-order valence-corrected chi connectivity index (χ2v) is 5.46. The van der Waals surface area contributed by atoms with E-state index in [1.54, 1.807) is 0 Å². The van der Waals surface area contributed by atoms with Crippen molar-refractivity contribution in [2.24, 2.45) is 16.7 Å². The van der Waals surface area contributed by atoms with Crippen molar-refractivity contribution in [3.05, 3.63) is 10.6 Å². The third-order valence-corrected chi connectivity index (χ3v) is 4.87. The van der Waals surface area contributed by atoms with Gasteiger partial charge in [-0.3, -0.25) is 4.79 Å². The lowest BCUT2D eigenvalue weighted by molar-refractivity contribution is -0.153. The number of halogens is 1. The molecule has 0 bridgehead atoms. The van der Waals surface area contributed by atoms with Crippen molar-refractivity contribution in [1.82, 2.24) is 0 Å². The highest BCUT2D eigenvalue weighted by atomic mass is 79.9. The molecule has 0 aromatic rings. The van der Waals surface area contributed by atoms with Gasteiger partial charge in [0.2, 0.25) is 0 Å². The molecule has 3 heteroatoms. The second-order valence-electron chi connectivity index (χ2n) is 4.54. The van der Waals surface area contributed by atoms with E-state index in [0.717, 1.165) is 12.8 Å². The van der Waals surface area contributed by atoms with Crippen molar-refractivity contribution in [3.8, 4) is 0 Å². The van der Waals surface area contributed by atoms with Crippen LogP contribution in [0.25, 0.3) is 0 Å². The van der Waals surface area contributed by atoms with Crippen LogP contribution in [0.1, 0.15) is 26.7 Å². The highest BCUT2D eigenvalue weighted by Crippen LogP contribution is 2.66. The molecule has 0 heterocycles. The van der Waals surface area contributed by atoms with Gasteiger partial charge in [0.05, 0.1) is 5.41 Å². The van der Waals surface area contributed by atoms with E-state index in [1.165, 1.54) is 4.48 Å². The van der Waals surface area contributed by atoms with Crippen LogP contribution in [0.4, 0.5) is 0 Å². The average molecular weight is 245 g/mol. The van der Waals surface area contributed by atoms with Gasteiger partial charge in [-0.05, 0) is 24.2 Å². The Labute approximate surface area is 86.1 Å². The molecular formula is C10H13BrO2. The van der Waals surface area contributed by atoms with Crippen LogP contribution < -0.4 is 0 Å². The molecule has 1 N–H and O–H groups in total. The van der Waals surface area contributed by atoms with Gasteiger partial charge in [-0.2, -0.15) is 0 Å². The number of carboxylic acids is 1. The van der Waals surface area contributed by atoms with Crippen LogP contribution in [0, 0.1) is 16.7 Å². The Morgan fingerprint density at radius 1 is 1.69 bits per heavy atom. The first-order chi connectivity index (χ1) is 5.92. The molecule has 1 fully saturated rings. The van der Waals surface area contributed by atoms with Gasteiger partial charge in [-0.15, -0.1) is 0 Å². The smallest absolute Gasteiger partial charge is 0.310 e. The SMILES string of the molecule is C[C@@]1(C(=O)O)CC[C@H]2C(Br)=C[C@]21C. The van der Waals surface area contributed by atoms with E-state index in [0.29, 0.717) is 5.92 Å². The molecule has 0 unspecified atom stereocenters. The van der Waals surface area contributed by atoms with Crippen LogP contribution >= 0.6 is 15.9 Å². The second kappa shape index (κ2) is 2.38. The van der Waals surface area contributed by atoms with E-state index in [2.05, 4.69) is 28.9 Å². The van der Waals surface area contributed by atoms with E-state index in [4.69, 9.17) is 0 Å². The average Bonchev–Trinajstić information content (AvgIpc) is 2.22. The zero-order chi connectivity index (χ0) is 9.85. The Morgan fingerprint density at radius 3 is 2.69 bits per heavy atom. The molecule has 0 radical (unpaired) electrons. The van der Waals surface area contributed by atoms with Gasteiger partial charge in [-0.25, -0.2) is 0 Å². The van der Waals surface area contributed by atoms with Crippen LogP contribution in [0.5, 0.6) is 0 Å². The predicted octanol–water partition coefficient (Wildman–Crippen LogP) is 2.79. The van der Waals surface area contributed by atoms with Crippen LogP contribution in [-0.4, -0.2) is 11.1 Å². The molecule has 2 nitrogen and oxygen atoms in total. The van der Waals surface area contributed by atoms with E-state index in [-0.39, 0.29) is 5.41 Å². The Hall–Kier alpha value is -0.310. The van der Waals surface area contributed by atoms with Gasteiger partial charge in [0.15, 0.2) is 0 Å². The molecule has 2 rings (SSSR count). The first-order valence-electron chi connectivity index (χ1n) is 4.53. The van der Waals surface area contributed by atoms with Crippen molar-refractivity contribution in [2.75, 3.05) is 0 Å². The van der Waals surface area contributed by atoms with Gasteiger partial charge in [0.25, 0.3) is 0 Å². The Balaban J connectivity index is 2.42. The summed E-state index contributed by atoms with van der Waals surface area (Å²) in [6, 6.07) is 0. The monoisotopic (exact) mass is 244 g/mol. The molecule has 0 aliphatic heterocycles. The third-order valence-electron chi connectivity index (χ3n) is 4.09. The summed E-state index contributed by atoms with van der Waals surface area (Å²) < 4.78 is 1.19. The van der Waals surface area contributed by atoms with Crippen molar-refractivity contribution in [2.45, 2.75) is 26.7 Å². The zero-order valence-electron chi connectivity index (χ0n) is 7.80. The highest BCUT2D eigenvalue weighted by molar-refractivity contribution is 9.11. The fourth-order valence-corrected chi connectivity index (χ4v) is 3.88. The van der Waals surface area contributed by atoms with E-state index in [1.807, 2.05) is 6.92 Å². The van der Waals surface area contributed by atoms with Gasteiger partial charge in [-0.1, -0.05) is 28.9 Å². The molecule has 0 aromatic carbocycles. The van der Waals surface area contributed by atoms with E-state index >= 15 is 0 Å². The molecule has 0 aromatic heterocycles. The minimum absolute atomic E-state index is 0.127. The Bertz CT molecular complexity index is 310. The lowest BCUT2D eigenvalue weighted by atomic mass is 9.59. The maximum atomic E-state index is 11.2. The standard InChI is InChI=1S/C10H13BrO2/c1-9(8(12)13)4-3-6-7(11)5-10(6,9)2/h5-6H,3-4H2,1-2H3,(H,12,13)/t6-,9-,10+/m0/s1. The third kappa shape index (κ3) is 0.862. The number of aliphatic carboxylic acids is 1. The fraction of sp³-hybridized carbons (Fsp3) is 0.700. The lowest BCUT2D eigenvalue weighted by Crippen LogP contribution is -2.45. The molecule has 72 valence electrons. The Kier molecular flexibility index (Phi) is 1.69. The maximum Gasteiger partial charge on any atom is 0.310 e. The first kappa shape index (κ1) is 9.25. The minimum atomic E-state index is -0.659. The Morgan fingerprint density at radius 2 is 2.31 bits per heavy atom. The topological polar surface area (TPSA) is 37.3 Å². The number of carbonyl (C=O) groups is 1. The van der Waals surface area contributed by atoms with Crippen LogP contribution in [0.3, 0.4) is 0 Å². The molecule has 1 saturated carbocycles. The molecular weight excluding hydrogens is 232 g/mol. The predicted molar refractivity (Wildman–Crippen MR) is 53.6 cm³/mol. The number of allylic oxidation sites excluding steroid dienone is 2. The summed E-state index contributed by atoms with van der Waals surface area (Å²) in [5.74, 6) is -0.220. The van der Waals surface area contributed by atoms with Crippen molar-refractivity contribution < 1.29 is 9.90 Å². The molecule has 13 heavy (non-hydrogen) atoms. The summed E-state index contributed by atoms with van der Waals surface area (Å²) in [7, 11) is 0. The fourth-order valence-electron chi connectivity index (χ4n) is 2.70.